The molecule has 0 bridgehead atoms. The van der Waals surface area contributed by atoms with Gasteiger partial charge in [0.2, 0.25) is 11.8 Å². The number of thiophene rings is 1. The highest BCUT2D eigenvalue weighted by Crippen LogP contribution is 2.10. The fraction of sp³-hybridized carbons (Fsp3) is 0.571. The second-order valence-electron chi connectivity index (χ2n) is 5.46. The largest absolute Gasteiger partial charge is 0.350 e. The molecule has 2 amide bonds. The van der Waals surface area contributed by atoms with Crippen LogP contribution in [0.2, 0.25) is 0 Å². The Bertz CT molecular complexity index is 421. The summed E-state index contributed by atoms with van der Waals surface area (Å²) < 4.78 is 0. The summed E-state index contributed by atoms with van der Waals surface area (Å²) in [6.45, 7) is 8.33. The van der Waals surface area contributed by atoms with Crippen LogP contribution in [0.5, 0.6) is 0 Å². The average molecular weight is 282 g/mol. The first kappa shape index (κ1) is 15.7. The lowest BCUT2D eigenvalue weighted by Crippen LogP contribution is -2.47. The van der Waals surface area contributed by atoms with E-state index in [1.165, 1.54) is 0 Å². The first-order valence-corrected chi connectivity index (χ1v) is 7.31. The SMILES string of the molecule is CCN(CC(=O)NC(C)(C)C)C(=O)Cc1cccs1. The lowest BCUT2D eigenvalue weighted by atomic mass is 10.1. The Morgan fingerprint density at radius 1 is 1.37 bits per heavy atom. The number of carbonyl (C=O) groups is 2. The van der Waals surface area contributed by atoms with Crippen LogP contribution in [-0.4, -0.2) is 35.3 Å². The first-order valence-electron chi connectivity index (χ1n) is 6.43. The molecule has 4 nitrogen and oxygen atoms in total. The molecule has 1 rings (SSSR count). The van der Waals surface area contributed by atoms with Crippen molar-refractivity contribution < 1.29 is 9.59 Å². The van der Waals surface area contributed by atoms with Crippen LogP contribution < -0.4 is 5.32 Å². The van der Waals surface area contributed by atoms with Crippen molar-refractivity contribution in [2.24, 2.45) is 0 Å². The predicted molar refractivity (Wildman–Crippen MR) is 78.2 cm³/mol. The molecule has 0 fully saturated rings. The number of nitrogens with one attached hydrogen (secondary N) is 1. The van der Waals surface area contributed by atoms with Gasteiger partial charge in [0.05, 0.1) is 13.0 Å². The molecule has 0 spiro atoms. The maximum absolute atomic E-state index is 12.1. The smallest absolute Gasteiger partial charge is 0.240 e. The molecule has 1 aromatic rings. The van der Waals surface area contributed by atoms with Crippen LogP contribution in [0.1, 0.15) is 32.6 Å². The number of rotatable bonds is 5. The van der Waals surface area contributed by atoms with Crippen molar-refractivity contribution in [3.8, 4) is 0 Å². The predicted octanol–water partition coefficient (Wildman–Crippen LogP) is 2.05. The van der Waals surface area contributed by atoms with Gasteiger partial charge >= 0.3 is 0 Å². The standard InChI is InChI=1S/C14H22N2O2S/c1-5-16(10-12(17)15-14(2,3)4)13(18)9-11-7-6-8-19-11/h6-8H,5,9-10H2,1-4H3,(H,15,17). The monoisotopic (exact) mass is 282 g/mol. The van der Waals surface area contributed by atoms with E-state index in [0.29, 0.717) is 13.0 Å². The third kappa shape index (κ3) is 5.87. The number of likely N-dealkylation sites (N-methyl/N-ethyl adjacent to an activating group) is 1. The molecular formula is C14H22N2O2S. The van der Waals surface area contributed by atoms with Gasteiger partial charge in [0, 0.05) is 17.0 Å². The van der Waals surface area contributed by atoms with Gasteiger partial charge in [0.25, 0.3) is 0 Å². The van der Waals surface area contributed by atoms with Crippen molar-refractivity contribution in [1.82, 2.24) is 10.2 Å². The molecule has 0 saturated heterocycles. The Balaban J connectivity index is 2.53. The highest BCUT2D eigenvalue weighted by molar-refractivity contribution is 7.10. The Hall–Kier alpha value is -1.36. The second kappa shape index (κ2) is 6.70. The molecule has 0 radical (unpaired) electrons. The summed E-state index contributed by atoms with van der Waals surface area (Å²) in [4.78, 5) is 26.5. The molecule has 0 saturated carbocycles. The summed E-state index contributed by atoms with van der Waals surface area (Å²) in [6, 6.07) is 3.86. The van der Waals surface area contributed by atoms with E-state index in [4.69, 9.17) is 0 Å². The molecule has 0 aliphatic rings. The average Bonchev–Trinajstić information content (AvgIpc) is 2.75. The Morgan fingerprint density at radius 2 is 2.05 bits per heavy atom. The van der Waals surface area contributed by atoms with E-state index in [1.54, 1.807) is 16.2 Å². The summed E-state index contributed by atoms with van der Waals surface area (Å²) in [5.74, 6) is -0.122. The van der Waals surface area contributed by atoms with E-state index < -0.39 is 0 Å². The normalized spacial score (nSPS) is 11.2. The molecule has 0 aliphatic heterocycles. The van der Waals surface area contributed by atoms with Gasteiger partial charge in [-0.05, 0) is 39.1 Å². The van der Waals surface area contributed by atoms with E-state index in [0.717, 1.165) is 4.88 Å². The quantitative estimate of drug-likeness (QED) is 0.898. The van der Waals surface area contributed by atoms with Crippen LogP contribution in [-0.2, 0) is 16.0 Å². The van der Waals surface area contributed by atoms with Crippen LogP contribution in [0.25, 0.3) is 0 Å². The number of hydrogen-bond acceptors (Lipinski definition) is 3. The number of amides is 2. The molecule has 1 N–H and O–H groups in total. The minimum absolute atomic E-state index is 0.00555. The maximum Gasteiger partial charge on any atom is 0.240 e. The summed E-state index contributed by atoms with van der Waals surface area (Å²) >= 11 is 1.56. The zero-order chi connectivity index (χ0) is 14.5. The molecule has 0 aromatic carbocycles. The minimum Gasteiger partial charge on any atom is -0.350 e. The second-order valence-corrected chi connectivity index (χ2v) is 6.49. The van der Waals surface area contributed by atoms with Crippen LogP contribution >= 0.6 is 11.3 Å². The third-order valence-electron chi connectivity index (χ3n) is 2.49. The molecule has 0 unspecified atom stereocenters. The van der Waals surface area contributed by atoms with Gasteiger partial charge < -0.3 is 10.2 Å². The van der Waals surface area contributed by atoms with Crippen molar-refractivity contribution in [1.29, 1.82) is 0 Å². The fourth-order valence-corrected chi connectivity index (χ4v) is 2.38. The summed E-state index contributed by atoms with van der Waals surface area (Å²) in [5.41, 5.74) is -0.271. The highest BCUT2D eigenvalue weighted by atomic mass is 32.1. The number of hydrogen-bond donors (Lipinski definition) is 1. The lowest BCUT2D eigenvalue weighted by Gasteiger charge is -2.25. The molecule has 106 valence electrons. The Morgan fingerprint density at radius 3 is 2.53 bits per heavy atom. The van der Waals surface area contributed by atoms with Crippen LogP contribution in [0.4, 0.5) is 0 Å². The van der Waals surface area contributed by atoms with Gasteiger partial charge in [-0.1, -0.05) is 6.07 Å². The Labute approximate surface area is 118 Å². The van der Waals surface area contributed by atoms with Gasteiger partial charge in [-0.15, -0.1) is 11.3 Å². The fourth-order valence-electron chi connectivity index (χ4n) is 1.68. The van der Waals surface area contributed by atoms with Crippen molar-refractivity contribution in [3.05, 3.63) is 22.4 Å². The Kier molecular flexibility index (Phi) is 5.54. The van der Waals surface area contributed by atoms with Crippen LogP contribution in [0.3, 0.4) is 0 Å². The van der Waals surface area contributed by atoms with Gasteiger partial charge in [-0.25, -0.2) is 0 Å². The van der Waals surface area contributed by atoms with Crippen molar-refractivity contribution in [3.63, 3.8) is 0 Å². The molecule has 5 heteroatoms. The summed E-state index contributed by atoms with van der Waals surface area (Å²) in [5, 5.41) is 4.82. The van der Waals surface area contributed by atoms with Crippen molar-refractivity contribution in [2.75, 3.05) is 13.1 Å². The summed E-state index contributed by atoms with van der Waals surface area (Å²) in [7, 11) is 0. The molecule has 0 aliphatic carbocycles. The molecule has 1 aromatic heterocycles. The van der Waals surface area contributed by atoms with E-state index in [2.05, 4.69) is 5.32 Å². The molecule has 0 atom stereocenters. The zero-order valence-corrected chi connectivity index (χ0v) is 12.8. The van der Waals surface area contributed by atoms with Gasteiger partial charge in [0.1, 0.15) is 0 Å². The van der Waals surface area contributed by atoms with E-state index >= 15 is 0 Å². The molecule has 1 heterocycles. The van der Waals surface area contributed by atoms with Gasteiger partial charge in [0.15, 0.2) is 0 Å². The topological polar surface area (TPSA) is 49.4 Å². The van der Waals surface area contributed by atoms with Crippen LogP contribution in [0.15, 0.2) is 17.5 Å². The number of nitrogens with zero attached hydrogens (tertiary/aromatic N) is 1. The van der Waals surface area contributed by atoms with Crippen LogP contribution in [0, 0.1) is 0 Å². The van der Waals surface area contributed by atoms with E-state index in [-0.39, 0.29) is 23.9 Å². The minimum atomic E-state index is -0.271. The van der Waals surface area contributed by atoms with E-state index in [1.807, 2.05) is 45.2 Å². The van der Waals surface area contributed by atoms with Crippen molar-refractivity contribution >= 4 is 23.2 Å². The molecular weight excluding hydrogens is 260 g/mol. The number of carbonyl (C=O) groups excluding carboxylic acids is 2. The highest BCUT2D eigenvalue weighted by Gasteiger charge is 2.19. The van der Waals surface area contributed by atoms with E-state index in [9.17, 15) is 9.59 Å². The third-order valence-corrected chi connectivity index (χ3v) is 3.37. The van der Waals surface area contributed by atoms with Crippen molar-refractivity contribution in [2.45, 2.75) is 39.7 Å². The van der Waals surface area contributed by atoms with Gasteiger partial charge in [-0.2, -0.15) is 0 Å². The molecule has 19 heavy (non-hydrogen) atoms. The lowest BCUT2D eigenvalue weighted by molar-refractivity contribution is -0.135. The maximum atomic E-state index is 12.1. The first-order chi connectivity index (χ1) is 8.81. The zero-order valence-electron chi connectivity index (χ0n) is 12.0. The van der Waals surface area contributed by atoms with Gasteiger partial charge in [-0.3, -0.25) is 9.59 Å². The summed E-state index contributed by atoms with van der Waals surface area (Å²) in [6.07, 6.45) is 0.369.